The van der Waals surface area contributed by atoms with Gasteiger partial charge in [-0.05, 0) is 25.5 Å². The molecule has 0 fully saturated rings. The fourth-order valence-electron chi connectivity index (χ4n) is 2.67. The van der Waals surface area contributed by atoms with Gasteiger partial charge in [0.2, 0.25) is 5.91 Å². The number of thioether (sulfide) groups is 1. The van der Waals surface area contributed by atoms with Crippen LogP contribution >= 0.6 is 11.8 Å². The molecule has 0 aliphatic carbocycles. The zero-order valence-electron chi connectivity index (χ0n) is 13.7. The third-order valence-corrected chi connectivity index (χ3v) is 4.71. The number of aromatic nitrogens is 2. The summed E-state index contributed by atoms with van der Waals surface area (Å²) in [6.07, 6.45) is 1.85. The van der Waals surface area contributed by atoms with E-state index in [1.807, 2.05) is 24.4 Å². The molecule has 3 rings (SSSR count). The van der Waals surface area contributed by atoms with Crippen molar-refractivity contribution in [3.8, 4) is 16.9 Å². The van der Waals surface area contributed by atoms with E-state index in [4.69, 9.17) is 5.73 Å². The molecule has 0 saturated carbocycles. The second kappa shape index (κ2) is 6.93. The number of amides is 1. The Labute approximate surface area is 145 Å². The molecular weight excluding hydrogens is 318 g/mol. The number of benzene rings is 2. The number of rotatable bonds is 5. The van der Waals surface area contributed by atoms with Crippen LogP contribution in [0.25, 0.3) is 16.9 Å². The summed E-state index contributed by atoms with van der Waals surface area (Å²) >= 11 is 1.36. The summed E-state index contributed by atoms with van der Waals surface area (Å²) in [5.41, 5.74) is 10.8. The first-order valence-corrected chi connectivity index (χ1v) is 8.66. The minimum Gasteiger partial charge on any atom is -0.369 e. The molecule has 0 saturated heterocycles. The first-order valence-electron chi connectivity index (χ1n) is 7.68. The molecule has 1 amide bonds. The van der Waals surface area contributed by atoms with Crippen LogP contribution in [0.3, 0.4) is 0 Å². The fraction of sp³-hybridized carbons (Fsp3) is 0.158. The Morgan fingerprint density at radius 2 is 1.92 bits per heavy atom. The molecule has 0 unspecified atom stereocenters. The summed E-state index contributed by atoms with van der Waals surface area (Å²) < 4.78 is 2.09. The quantitative estimate of drug-likeness (QED) is 0.722. The molecule has 0 spiro atoms. The third kappa shape index (κ3) is 3.36. The van der Waals surface area contributed by atoms with E-state index in [0.29, 0.717) is 0 Å². The lowest BCUT2D eigenvalue weighted by molar-refractivity contribution is -0.115. The van der Waals surface area contributed by atoms with Crippen LogP contribution in [0.4, 0.5) is 0 Å². The molecule has 5 heteroatoms. The number of hydrogen-bond acceptors (Lipinski definition) is 3. The molecule has 1 heterocycles. The van der Waals surface area contributed by atoms with Gasteiger partial charge < -0.3 is 5.73 Å². The predicted octanol–water partition coefficient (Wildman–Crippen LogP) is 3.73. The monoisotopic (exact) mass is 337 g/mol. The molecule has 2 N–H and O–H groups in total. The van der Waals surface area contributed by atoms with Crippen molar-refractivity contribution >= 4 is 17.7 Å². The minimum absolute atomic E-state index is 0.205. The van der Waals surface area contributed by atoms with Gasteiger partial charge in [-0.3, -0.25) is 9.36 Å². The third-order valence-electron chi connectivity index (χ3n) is 3.74. The standard InChI is InChI=1S/C19H19N3OS/c1-13-8-9-16(14(2)10-13)22-17(15-6-4-3-5-7-15)11-21-19(22)24-12-18(20)23/h3-11H,12H2,1-2H3,(H2,20,23). The highest BCUT2D eigenvalue weighted by Crippen LogP contribution is 2.31. The zero-order chi connectivity index (χ0) is 17.1. The lowest BCUT2D eigenvalue weighted by Gasteiger charge is -2.15. The van der Waals surface area contributed by atoms with Crippen molar-refractivity contribution in [2.24, 2.45) is 5.73 Å². The Morgan fingerprint density at radius 3 is 2.58 bits per heavy atom. The highest BCUT2D eigenvalue weighted by atomic mass is 32.2. The Bertz CT molecular complexity index is 872. The Morgan fingerprint density at radius 1 is 1.17 bits per heavy atom. The van der Waals surface area contributed by atoms with Crippen molar-refractivity contribution in [1.82, 2.24) is 9.55 Å². The van der Waals surface area contributed by atoms with Crippen molar-refractivity contribution in [2.45, 2.75) is 19.0 Å². The van der Waals surface area contributed by atoms with E-state index in [9.17, 15) is 4.79 Å². The number of hydrogen-bond donors (Lipinski definition) is 1. The van der Waals surface area contributed by atoms with Crippen molar-refractivity contribution in [3.63, 3.8) is 0 Å². The highest BCUT2D eigenvalue weighted by molar-refractivity contribution is 7.99. The van der Waals surface area contributed by atoms with E-state index in [0.717, 1.165) is 27.7 Å². The molecule has 1 aromatic heterocycles. The van der Waals surface area contributed by atoms with Gasteiger partial charge in [0, 0.05) is 5.56 Å². The minimum atomic E-state index is -0.351. The smallest absolute Gasteiger partial charge is 0.227 e. The van der Waals surface area contributed by atoms with Crippen molar-refractivity contribution < 1.29 is 4.79 Å². The average Bonchev–Trinajstić information content (AvgIpc) is 2.97. The topological polar surface area (TPSA) is 60.9 Å². The molecule has 0 radical (unpaired) electrons. The number of carbonyl (C=O) groups is 1. The van der Waals surface area contributed by atoms with Crippen LogP contribution in [-0.2, 0) is 4.79 Å². The van der Waals surface area contributed by atoms with E-state index in [1.165, 1.54) is 17.3 Å². The predicted molar refractivity (Wildman–Crippen MR) is 98.4 cm³/mol. The SMILES string of the molecule is Cc1ccc(-n2c(-c3ccccc3)cnc2SCC(N)=O)c(C)c1. The Kier molecular flexibility index (Phi) is 4.71. The average molecular weight is 337 g/mol. The summed E-state index contributed by atoms with van der Waals surface area (Å²) in [6.45, 7) is 4.16. The van der Waals surface area contributed by atoms with Gasteiger partial charge in [-0.25, -0.2) is 4.98 Å². The summed E-state index contributed by atoms with van der Waals surface area (Å²) in [5.74, 6) is -0.146. The molecule has 3 aromatic rings. The molecule has 24 heavy (non-hydrogen) atoms. The maximum Gasteiger partial charge on any atom is 0.227 e. The summed E-state index contributed by atoms with van der Waals surface area (Å²) in [5, 5.41) is 0.764. The molecule has 122 valence electrons. The first kappa shape index (κ1) is 16.3. The number of primary amides is 1. The Balaban J connectivity index is 2.15. The molecule has 0 atom stereocenters. The van der Waals surface area contributed by atoms with Crippen molar-refractivity contribution in [3.05, 3.63) is 65.9 Å². The normalized spacial score (nSPS) is 10.8. The Hall–Kier alpha value is -2.53. The lowest BCUT2D eigenvalue weighted by Crippen LogP contribution is -2.14. The van der Waals surface area contributed by atoms with E-state index in [2.05, 4.69) is 53.7 Å². The largest absolute Gasteiger partial charge is 0.369 e. The van der Waals surface area contributed by atoms with E-state index < -0.39 is 0 Å². The molecule has 2 aromatic carbocycles. The van der Waals surface area contributed by atoms with Crippen molar-refractivity contribution in [2.75, 3.05) is 5.75 Å². The van der Waals surface area contributed by atoms with Gasteiger partial charge in [0.15, 0.2) is 5.16 Å². The van der Waals surface area contributed by atoms with Crippen LogP contribution in [0.5, 0.6) is 0 Å². The van der Waals surface area contributed by atoms with Gasteiger partial charge >= 0.3 is 0 Å². The zero-order valence-corrected chi connectivity index (χ0v) is 14.5. The summed E-state index contributed by atoms with van der Waals surface area (Å²) in [6, 6.07) is 16.4. The molecular formula is C19H19N3OS. The highest BCUT2D eigenvalue weighted by Gasteiger charge is 2.16. The van der Waals surface area contributed by atoms with E-state index in [1.54, 1.807) is 0 Å². The van der Waals surface area contributed by atoms with Crippen LogP contribution in [0.2, 0.25) is 0 Å². The molecule has 4 nitrogen and oxygen atoms in total. The number of imidazole rings is 1. The van der Waals surface area contributed by atoms with Crippen LogP contribution in [0.1, 0.15) is 11.1 Å². The van der Waals surface area contributed by atoms with Crippen LogP contribution in [-0.4, -0.2) is 21.2 Å². The second-order valence-electron chi connectivity index (χ2n) is 5.67. The van der Waals surface area contributed by atoms with E-state index in [-0.39, 0.29) is 11.7 Å². The van der Waals surface area contributed by atoms with Gasteiger partial charge in [0.25, 0.3) is 0 Å². The number of carbonyl (C=O) groups excluding carboxylic acids is 1. The molecule has 0 aliphatic heterocycles. The maximum atomic E-state index is 11.2. The number of aryl methyl sites for hydroxylation is 2. The van der Waals surface area contributed by atoms with Gasteiger partial charge in [0.1, 0.15) is 0 Å². The first-order chi connectivity index (χ1) is 11.6. The van der Waals surface area contributed by atoms with Gasteiger partial charge in [0.05, 0.1) is 23.3 Å². The molecule has 0 aliphatic rings. The van der Waals surface area contributed by atoms with Crippen LogP contribution < -0.4 is 5.73 Å². The van der Waals surface area contributed by atoms with Gasteiger partial charge in [-0.2, -0.15) is 0 Å². The molecule has 0 bridgehead atoms. The van der Waals surface area contributed by atoms with E-state index >= 15 is 0 Å². The summed E-state index contributed by atoms with van der Waals surface area (Å²) in [7, 11) is 0. The van der Waals surface area contributed by atoms with Crippen LogP contribution in [0.15, 0.2) is 59.9 Å². The lowest BCUT2D eigenvalue weighted by atomic mass is 10.1. The van der Waals surface area contributed by atoms with Gasteiger partial charge in [-0.1, -0.05) is 59.8 Å². The van der Waals surface area contributed by atoms with Gasteiger partial charge in [-0.15, -0.1) is 0 Å². The fourth-order valence-corrected chi connectivity index (χ4v) is 3.40. The number of nitrogens with zero attached hydrogens (tertiary/aromatic N) is 2. The summed E-state index contributed by atoms with van der Waals surface area (Å²) in [4.78, 5) is 15.7. The second-order valence-corrected chi connectivity index (χ2v) is 6.61. The van der Waals surface area contributed by atoms with Crippen molar-refractivity contribution in [1.29, 1.82) is 0 Å². The van der Waals surface area contributed by atoms with Crippen LogP contribution in [0, 0.1) is 13.8 Å². The number of nitrogens with two attached hydrogens (primary N) is 1. The maximum absolute atomic E-state index is 11.2.